The minimum absolute atomic E-state index is 0.00938. The molecule has 1 unspecified atom stereocenters. The molecule has 1 aromatic carbocycles. The molecule has 1 aliphatic heterocycles. The van der Waals surface area contributed by atoms with E-state index in [1.165, 1.54) is 18.3 Å². The molecule has 196 valence electrons. The van der Waals surface area contributed by atoms with Gasteiger partial charge in [-0.25, -0.2) is 9.97 Å². The van der Waals surface area contributed by atoms with Crippen molar-refractivity contribution >= 4 is 11.5 Å². The van der Waals surface area contributed by atoms with E-state index in [0.29, 0.717) is 37.8 Å². The Labute approximate surface area is 202 Å². The van der Waals surface area contributed by atoms with Crippen LogP contribution in [0.3, 0.4) is 0 Å². The lowest BCUT2D eigenvalue weighted by Gasteiger charge is -2.33. The highest BCUT2D eigenvalue weighted by molar-refractivity contribution is 5.72. The number of hydrogen-bond acceptors (Lipinski definition) is 6. The van der Waals surface area contributed by atoms with Crippen LogP contribution in [0.15, 0.2) is 30.6 Å². The molecule has 1 saturated heterocycles. The number of fused-ring (bicyclic) bond motifs is 1. The zero-order valence-corrected chi connectivity index (χ0v) is 19.2. The average Bonchev–Trinajstić information content (AvgIpc) is 3.23. The van der Waals surface area contributed by atoms with Gasteiger partial charge in [0.15, 0.2) is 22.8 Å². The Bertz CT molecular complexity index is 1240. The van der Waals surface area contributed by atoms with Crippen LogP contribution in [0.25, 0.3) is 16.9 Å². The zero-order chi connectivity index (χ0) is 26.3. The number of aromatic nitrogens is 3. The monoisotopic (exact) mass is 517 g/mol. The SMILES string of the molecule is Cc1ccc(C(O)(CCNC2CCOCC2)C(F)(F)F)cc1-c1cnc2c(N)nc(C(F)(F)F)cn12. The number of imidazole rings is 1. The maximum absolute atomic E-state index is 14.2. The number of nitrogen functional groups attached to an aromatic ring is 1. The summed E-state index contributed by atoms with van der Waals surface area (Å²) in [6.45, 7) is 2.51. The number of hydrogen-bond donors (Lipinski definition) is 3. The molecule has 0 amide bonds. The van der Waals surface area contributed by atoms with Gasteiger partial charge in [-0.1, -0.05) is 12.1 Å². The third-order valence-corrected chi connectivity index (χ3v) is 6.41. The van der Waals surface area contributed by atoms with Crippen LogP contribution in [-0.2, 0) is 16.5 Å². The number of ether oxygens (including phenoxy) is 1. The minimum Gasteiger partial charge on any atom is -0.381 e. The molecule has 0 aliphatic carbocycles. The molecule has 1 aliphatic rings. The van der Waals surface area contributed by atoms with E-state index in [4.69, 9.17) is 10.5 Å². The number of anilines is 1. The van der Waals surface area contributed by atoms with Gasteiger partial charge in [-0.2, -0.15) is 26.3 Å². The van der Waals surface area contributed by atoms with Crippen molar-refractivity contribution in [3.05, 3.63) is 47.4 Å². The Morgan fingerprint density at radius 3 is 2.50 bits per heavy atom. The second-order valence-electron chi connectivity index (χ2n) is 8.82. The van der Waals surface area contributed by atoms with Crippen molar-refractivity contribution in [2.45, 2.75) is 50.2 Å². The highest BCUT2D eigenvalue weighted by Gasteiger charge is 2.54. The summed E-state index contributed by atoms with van der Waals surface area (Å²) >= 11 is 0. The molecule has 13 heteroatoms. The highest BCUT2D eigenvalue weighted by atomic mass is 19.4. The van der Waals surface area contributed by atoms with Gasteiger partial charge < -0.3 is 20.9 Å². The van der Waals surface area contributed by atoms with Gasteiger partial charge in [0, 0.05) is 37.4 Å². The number of nitrogens with zero attached hydrogens (tertiary/aromatic N) is 3. The van der Waals surface area contributed by atoms with E-state index >= 15 is 0 Å². The molecule has 0 spiro atoms. The molecule has 4 N–H and O–H groups in total. The molecule has 36 heavy (non-hydrogen) atoms. The average molecular weight is 517 g/mol. The molecule has 4 rings (SSSR count). The van der Waals surface area contributed by atoms with E-state index in [0.717, 1.165) is 10.5 Å². The first-order valence-corrected chi connectivity index (χ1v) is 11.2. The number of alkyl halides is 6. The van der Waals surface area contributed by atoms with Gasteiger partial charge in [-0.15, -0.1) is 0 Å². The lowest BCUT2D eigenvalue weighted by atomic mass is 9.87. The largest absolute Gasteiger partial charge is 0.434 e. The van der Waals surface area contributed by atoms with E-state index in [1.807, 2.05) is 0 Å². The van der Waals surface area contributed by atoms with Gasteiger partial charge in [-0.05, 0) is 43.5 Å². The summed E-state index contributed by atoms with van der Waals surface area (Å²) in [6.07, 6.45) is -7.25. The fraction of sp³-hybridized carbons (Fsp3) is 0.478. The zero-order valence-electron chi connectivity index (χ0n) is 19.2. The number of nitrogens with two attached hydrogens (primary N) is 1. The first-order chi connectivity index (χ1) is 16.8. The van der Waals surface area contributed by atoms with Crippen LogP contribution in [-0.4, -0.2) is 51.5 Å². The molecule has 3 aromatic rings. The fourth-order valence-electron chi connectivity index (χ4n) is 4.31. The molecular formula is C23H25F6N5O2. The normalized spacial score (nSPS) is 17.4. The quantitative estimate of drug-likeness (QED) is 0.424. The van der Waals surface area contributed by atoms with Gasteiger partial charge in [0.05, 0.1) is 11.9 Å². The molecule has 1 fully saturated rings. The molecule has 0 radical (unpaired) electrons. The molecule has 0 saturated carbocycles. The molecule has 0 bridgehead atoms. The smallest absolute Gasteiger partial charge is 0.381 e. The van der Waals surface area contributed by atoms with Crippen LogP contribution in [0.1, 0.15) is 36.1 Å². The molecule has 3 heterocycles. The number of halogens is 6. The Morgan fingerprint density at radius 1 is 1.17 bits per heavy atom. The van der Waals surface area contributed by atoms with Crippen LogP contribution < -0.4 is 11.1 Å². The second kappa shape index (κ2) is 9.52. The van der Waals surface area contributed by atoms with Crippen molar-refractivity contribution in [3.8, 4) is 11.3 Å². The van der Waals surface area contributed by atoms with E-state index in [2.05, 4.69) is 15.3 Å². The van der Waals surface area contributed by atoms with Crippen LogP contribution in [0.2, 0.25) is 0 Å². The summed E-state index contributed by atoms with van der Waals surface area (Å²) in [4.78, 5) is 7.33. The Kier molecular flexibility index (Phi) is 6.92. The van der Waals surface area contributed by atoms with Gasteiger partial charge in [0.2, 0.25) is 0 Å². The van der Waals surface area contributed by atoms with E-state index in [9.17, 15) is 31.4 Å². The maximum atomic E-state index is 14.2. The van der Waals surface area contributed by atoms with Crippen LogP contribution in [0.5, 0.6) is 0 Å². The van der Waals surface area contributed by atoms with Gasteiger partial charge in [0.1, 0.15) is 0 Å². The predicted octanol–water partition coefficient (Wildman–Crippen LogP) is 4.21. The van der Waals surface area contributed by atoms with Crippen molar-refractivity contribution in [1.29, 1.82) is 0 Å². The topological polar surface area (TPSA) is 97.7 Å². The summed E-state index contributed by atoms with van der Waals surface area (Å²) < 4.78 is 88.6. The Hall–Kier alpha value is -2.90. The fourth-order valence-corrected chi connectivity index (χ4v) is 4.31. The van der Waals surface area contributed by atoms with Gasteiger partial charge in [-0.3, -0.25) is 4.40 Å². The predicted molar refractivity (Wildman–Crippen MR) is 119 cm³/mol. The lowest BCUT2D eigenvalue weighted by Crippen LogP contribution is -2.46. The number of rotatable bonds is 6. The Balaban J connectivity index is 1.73. The van der Waals surface area contributed by atoms with Crippen molar-refractivity contribution < 1.29 is 36.2 Å². The third kappa shape index (κ3) is 5.00. The lowest BCUT2D eigenvalue weighted by molar-refractivity contribution is -0.268. The third-order valence-electron chi connectivity index (χ3n) is 6.41. The first kappa shape index (κ1) is 26.2. The number of aryl methyl sites for hydroxylation is 1. The summed E-state index contributed by atoms with van der Waals surface area (Å²) in [5.74, 6) is -0.476. The molecular weight excluding hydrogens is 492 g/mol. The summed E-state index contributed by atoms with van der Waals surface area (Å²) in [6, 6.07) is 3.66. The van der Waals surface area contributed by atoms with Crippen molar-refractivity contribution in [2.24, 2.45) is 0 Å². The van der Waals surface area contributed by atoms with Crippen molar-refractivity contribution in [1.82, 2.24) is 19.7 Å². The maximum Gasteiger partial charge on any atom is 0.434 e. The number of nitrogens with one attached hydrogen (secondary N) is 1. The standard InChI is InChI=1S/C23H25F6N5O2/c1-13-2-3-14(21(35,23(27,28)29)6-7-31-15-4-8-36-9-5-15)10-16(13)17-11-32-20-19(30)33-18(12-34(17)20)22(24,25)26/h2-3,10-12,15,31,35H,4-9H2,1H3,(H2,30,33). The molecule has 7 nitrogen and oxygen atoms in total. The van der Waals surface area contributed by atoms with Crippen LogP contribution in [0, 0.1) is 6.92 Å². The van der Waals surface area contributed by atoms with Gasteiger partial charge in [0.25, 0.3) is 0 Å². The van der Waals surface area contributed by atoms with E-state index in [1.54, 1.807) is 6.92 Å². The van der Waals surface area contributed by atoms with E-state index in [-0.39, 0.29) is 29.5 Å². The van der Waals surface area contributed by atoms with Crippen molar-refractivity contribution in [3.63, 3.8) is 0 Å². The summed E-state index contributed by atoms with van der Waals surface area (Å²) in [5.41, 5.74) is 1.40. The van der Waals surface area contributed by atoms with Crippen LogP contribution >= 0.6 is 0 Å². The molecule has 1 atom stereocenters. The number of aliphatic hydroxyl groups is 1. The van der Waals surface area contributed by atoms with Crippen LogP contribution in [0.4, 0.5) is 32.2 Å². The second-order valence-corrected chi connectivity index (χ2v) is 8.82. The summed E-state index contributed by atoms with van der Waals surface area (Å²) in [5, 5.41) is 13.9. The highest BCUT2D eigenvalue weighted by Crippen LogP contribution is 2.43. The van der Waals surface area contributed by atoms with Crippen molar-refractivity contribution in [2.75, 3.05) is 25.5 Å². The first-order valence-electron chi connectivity index (χ1n) is 11.2. The Morgan fingerprint density at radius 2 is 1.86 bits per heavy atom. The summed E-state index contributed by atoms with van der Waals surface area (Å²) in [7, 11) is 0. The van der Waals surface area contributed by atoms with E-state index < -0.39 is 41.4 Å². The molecule has 2 aromatic heterocycles. The number of benzene rings is 1. The minimum atomic E-state index is -5.01. The van der Waals surface area contributed by atoms with Gasteiger partial charge >= 0.3 is 12.4 Å².